The van der Waals surface area contributed by atoms with Crippen molar-refractivity contribution in [1.29, 1.82) is 0 Å². The molecule has 9 rings (SSSR count). The third kappa shape index (κ3) is 6.38. The summed E-state index contributed by atoms with van der Waals surface area (Å²) < 4.78 is 74.9. The molecular formula is C51H47F4NO3. The van der Waals surface area contributed by atoms with E-state index in [0.29, 0.717) is 18.8 Å². The van der Waals surface area contributed by atoms with Crippen LogP contribution >= 0.6 is 0 Å². The van der Waals surface area contributed by atoms with E-state index in [9.17, 15) is 13.2 Å². The Bertz CT molecular complexity index is 2580. The second-order valence-corrected chi connectivity index (χ2v) is 16.1. The standard InChI is InChI=1S/C51H47F4NO3/c1-5-22-49(23-6-2)43-30-34(33-8-11-36(12-9-33)51(53,54)55)10-19-40(43)46-42-29-32(3)7-18-39(42)48-41(47(46)49)21-24-50(59-48,37-15-20-45(57-4)44(52)31-37)35-13-16-38(17-14-35)56-25-27-58-28-26-56/h7-21,24,29-31H,5-6,22-23,25-28H2,1-4H3. The summed E-state index contributed by atoms with van der Waals surface area (Å²) in [4.78, 5) is 2.31. The second-order valence-electron chi connectivity index (χ2n) is 16.1. The van der Waals surface area contributed by atoms with Crippen LogP contribution in [0.2, 0.25) is 0 Å². The molecule has 8 heteroatoms. The molecule has 6 aromatic carbocycles. The molecule has 6 aromatic rings. The van der Waals surface area contributed by atoms with Crippen molar-refractivity contribution in [2.45, 2.75) is 63.6 Å². The van der Waals surface area contributed by atoms with Gasteiger partial charge < -0.3 is 19.1 Å². The molecule has 2 heterocycles. The molecule has 1 fully saturated rings. The Labute approximate surface area is 343 Å². The van der Waals surface area contributed by atoms with Crippen LogP contribution < -0.4 is 14.4 Å². The zero-order valence-corrected chi connectivity index (χ0v) is 33.8. The quantitative estimate of drug-likeness (QED) is 0.136. The maximum Gasteiger partial charge on any atom is 0.416 e. The van der Waals surface area contributed by atoms with Crippen molar-refractivity contribution in [3.05, 3.63) is 154 Å². The Balaban J connectivity index is 1.27. The number of nitrogens with zero attached hydrogens (tertiary/aromatic N) is 1. The lowest BCUT2D eigenvalue weighted by atomic mass is 9.69. The molecule has 3 aliphatic rings. The van der Waals surface area contributed by atoms with Crippen molar-refractivity contribution >= 4 is 22.5 Å². The van der Waals surface area contributed by atoms with Gasteiger partial charge in [0.15, 0.2) is 17.2 Å². The van der Waals surface area contributed by atoms with Crippen LogP contribution in [0.15, 0.2) is 109 Å². The first kappa shape index (κ1) is 38.9. The van der Waals surface area contributed by atoms with Gasteiger partial charge in [0.2, 0.25) is 0 Å². The summed E-state index contributed by atoms with van der Waals surface area (Å²) in [5, 5.41) is 2.03. The lowest BCUT2D eigenvalue weighted by Crippen LogP contribution is -2.37. The summed E-state index contributed by atoms with van der Waals surface area (Å²) in [6.07, 6.45) is 3.43. The van der Waals surface area contributed by atoms with E-state index in [1.807, 2.05) is 12.1 Å². The van der Waals surface area contributed by atoms with Crippen molar-refractivity contribution in [2.24, 2.45) is 0 Å². The fraction of sp³-hybridized carbons (Fsp3) is 0.294. The maximum absolute atomic E-state index is 15.7. The topological polar surface area (TPSA) is 30.9 Å². The number of halogens is 4. The highest BCUT2D eigenvalue weighted by atomic mass is 19.4. The Morgan fingerprint density at radius 2 is 1.46 bits per heavy atom. The van der Waals surface area contributed by atoms with Crippen molar-refractivity contribution in [1.82, 2.24) is 0 Å². The van der Waals surface area contributed by atoms with E-state index in [2.05, 4.69) is 92.4 Å². The molecule has 0 bridgehead atoms. The Hall–Kier alpha value is -5.60. The molecule has 1 atom stereocenters. The van der Waals surface area contributed by atoms with Crippen LogP contribution in [0.5, 0.6) is 11.5 Å². The fourth-order valence-electron chi connectivity index (χ4n) is 9.97. The number of aryl methyl sites for hydroxylation is 1. The van der Waals surface area contributed by atoms with Gasteiger partial charge in [-0.1, -0.05) is 99.0 Å². The molecule has 0 aromatic heterocycles. The predicted octanol–water partition coefficient (Wildman–Crippen LogP) is 13.0. The average Bonchev–Trinajstić information content (AvgIpc) is 3.53. The monoisotopic (exact) mass is 797 g/mol. The first-order valence-corrected chi connectivity index (χ1v) is 20.6. The van der Waals surface area contributed by atoms with Gasteiger partial charge >= 0.3 is 6.18 Å². The molecule has 1 aliphatic carbocycles. The number of alkyl halides is 3. The SMILES string of the molecule is CCCC1(CCC)c2cc(-c3ccc(C(F)(F)F)cc3)ccc2-c2c1c1c(c3ccc(C)cc23)OC(c2ccc(N3CCOCC3)cc2)(c2ccc(OC)c(F)c2)C=C1. The number of hydrogen-bond acceptors (Lipinski definition) is 4. The van der Waals surface area contributed by atoms with Gasteiger partial charge in [0.1, 0.15) is 5.75 Å². The molecule has 59 heavy (non-hydrogen) atoms. The molecule has 0 N–H and O–H groups in total. The summed E-state index contributed by atoms with van der Waals surface area (Å²) in [5.74, 6) is 0.417. The highest BCUT2D eigenvalue weighted by molar-refractivity contribution is 6.09. The van der Waals surface area contributed by atoms with Gasteiger partial charge in [-0.3, -0.25) is 0 Å². The van der Waals surface area contributed by atoms with Gasteiger partial charge in [-0.15, -0.1) is 0 Å². The highest BCUT2D eigenvalue weighted by Crippen LogP contribution is 2.61. The van der Waals surface area contributed by atoms with Crippen LogP contribution in [-0.2, 0) is 21.9 Å². The summed E-state index contributed by atoms with van der Waals surface area (Å²) in [7, 11) is 1.46. The number of hydrogen-bond donors (Lipinski definition) is 0. The smallest absolute Gasteiger partial charge is 0.416 e. The summed E-state index contributed by atoms with van der Waals surface area (Å²) in [6, 6.07) is 31.8. The number of morpholine rings is 1. The van der Waals surface area contributed by atoms with Crippen LogP contribution in [0.3, 0.4) is 0 Å². The van der Waals surface area contributed by atoms with Crippen molar-refractivity contribution in [3.63, 3.8) is 0 Å². The zero-order chi connectivity index (χ0) is 41.1. The van der Waals surface area contributed by atoms with Crippen molar-refractivity contribution in [3.8, 4) is 33.8 Å². The van der Waals surface area contributed by atoms with E-state index in [0.717, 1.165) is 106 Å². The van der Waals surface area contributed by atoms with Crippen LogP contribution in [0.25, 0.3) is 39.1 Å². The number of benzene rings is 6. The Kier molecular flexibility index (Phi) is 9.82. The summed E-state index contributed by atoms with van der Waals surface area (Å²) >= 11 is 0. The second kappa shape index (κ2) is 14.9. The Morgan fingerprint density at radius 1 is 0.763 bits per heavy atom. The molecular weight excluding hydrogens is 751 g/mol. The van der Waals surface area contributed by atoms with E-state index in [4.69, 9.17) is 14.2 Å². The third-order valence-corrected chi connectivity index (χ3v) is 12.6. The molecule has 4 nitrogen and oxygen atoms in total. The number of fused-ring (bicyclic) bond motifs is 8. The number of methoxy groups -OCH3 is 1. The number of anilines is 1. The average molecular weight is 798 g/mol. The maximum atomic E-state index is 15.7. The predicted molar refractivity (Wildman–Crippen MR) is 228 cm³/mol. The zero-order valence-electron chi connectivity index (χ0n) is 33.8. The first-order valence-electron chi connectivity index (χ1n) is 20.6. The minimum atomic E-state index is -4.41. The minimum Gasteiger partial charge on any atom is -0.494 e. The summed E-state index contributed by atoms with van der Waals surface area (Å²) in [6.45, 7) is 9.48. The lowest BCUT2D eigenvalue weighted by molar-refractivity contribution is -0.137. The van der Waals surface area contributed by atoms with Gasteiger partial charge in [0, 0.05) is 46.3 Å². The van der Waals surface area contributed by atoms with Gasteiger partial charge in [0.05, 0.1) is 25.9 Å². The van der Waals surface area contributed by atoms with Crippen LogP contribution in [0.4, 0.5) is 23.2 Å². The highest BCUT2D eigenvalue weighted by Gasteiger charge is 2.48. The van der Waals surface area contributed by atoms with E-state index >= 15 is 4.39 Å². The molecule has 0 radical (unpaired) electrons. The Morgan fingerprint density at radius 3 is 2.12 bits per heavy atom. The molecule has 1 unspecified atom stereocenters. The van der Waals surface area contributed by atoms with E-state index in [-0.39, 0.29) is 5.75 Å². The largest absolute Gasteiger partial charge is 0.494 e. The van der Waals surface area contributed by atoms with E-state index < -0.39 is 28.6 Å². The van der Waals surface area contributed by atoms with Crippen LogP contribution in [-0.4, -0.2) is 33.4 Å². The van der Waals surface area contributed by atoms with E-state index in [1.165, 1.54) is 29.9 Å². The van der Waals surface area contributed by atoms with Crippen LogP contribution in [0.1, 0.15) is 78.5 Å². The van der Waals surface area contributed by atoms with E-state index in [1.54, 1.807) is 18.2 Å². The molecule has 0 spiro atoms. The van der Waals surface area contributed by atoms with Crippen molar-refractivity contribution < 1.29 is 31.8 Å². The van der Waals surface area contributed by atoms with Gasteiger partial charge in [-0.2, -0.15) is 13.2 Å². The molecule has 302 valence electrons. The van der Waals surface area contributed by atoms with Crippen LogP contribution in [0, 0.1) is 12.7 Å². The molecule has 2 aliphatic heterocycles. The lowest BCUT2D eigenvalue weighted by Gasteiger charge is -2.40. The van der Waals surface area contributed by atoms with Crippen molar-refractivity contribution in [2.75, 3.05) is 38.3 Å². The fourth-order valence-corrected chi connectivity index (χ4v) is 9.97. The molecule has 0 amide bonds. The number of rotatable bonds is 9. The third-order valence-electron chi connectivity index (χ3n) is 12.6. The number of ether oxygens (including phenoxy) is 3. The summed E-state index contributed by atoms with van der Waals surface area (Å²) in [5.41, 5.74) is 8.76. The van der Waals surface area contributed by atoms with Gasteiger partial charge in [0.25, 0.3) is 0 Å². The molecule has 1 saturated heterocycles. The van der Waals surface area contributed by atoms with Gasteiger partial charge in [-0.25, -0.2) is 4.39 Å². The van der Waals surface area contributed by atoms with Gasteiger partial charge in [-0.05, 0) is 107 Å². The minimum absolute atomic E-state index is 0.155. The normalized spacial score (nSPS) is 18.0. The molecule has 0 saturated carbocycles. The first-order chi connectivity index (χ1) is 28.5.